The fourth-order valence-electron chi connectivity index (χ4n) is 0.885. The average molecular weight is 267 g/mol. The van der Waals surface area contributed by atoms with Crippen LogP contribution in [0.5, 0.6) is 0 Å². The molecule has 0 aliphatic carbocycles. The largest absolute Gasteiger partial charge is 0.479 e. The molecule has 0 fully saturated rings. The van der Waals surface area contributed by atoms with Crippen LogP contribution in [0.4, 0.5) is 8.78 Å². The zero-order chi connectivity index (χ0) is 10.9. The lowest BCUT2D eigenvalue weighted by atomic mass is 10.1. The first-order chi connectivity index (χ1) is 6.45. The Labute approximate surface area is 86.1 Å². The third-order valence-electron chi connectivity index (χ3n) is 1.59. The molecule has 14 heavy (non-hydrogen) atoms. The van der Waals surface area contributed by atoms with Gasteiger partial charge in [0, 0.05) is 5.56 Å². The number of carbonyl (C=O) groups is 1. The predicted octanol–water partition coefficient (Wildman–Crippen LogP) is 1.85. The third kappa shape index (κ3) is 1.91. The highest BCUT2D eigenvalue weighted by atomic mass is 79.9. The first-order valence-corrected chi connectivity index (χ1v) is 4.28. The van der Waals surface area contributed by atoms with Crippen molar-refractivity contribution < 1.29 is 23.8 Å². The number of carboxylic acids is 1. The molecule has 2 N–H and O–H groups in total. The molecule has 1 aromatic rings. The van der Waals surface area contributed by atoms with Gasteiger partial charge in [-0.3, -0.25) is 0 Å². The lowest BCUT2D eigenvalue weighted by Crippen LogP contribution is -2.13. The van der Waals surface area contributed by atoms with E-state index in [1.807, 2.05) is 0 Å². The van der Waals surface area contributed by atoms with Crippen LogP contribution >= 0.6 is 15.9 Å². The number of aliphatic carboxylic acids is 1. The van der Waals surface area contributed by atoms with Gasteiger partial charge in [0.15, 0.2) is 17.7 Å². The molecule has 0 spiro atoms. The zero-order valence-corrected chi connectivity index (χ0v) is 8.25. The molecule has 0 aliphatic rings. The van der Waals surface area contributed by atoms with Gasteiger partial charge in [0.05, 0.1) is 4.47 Å². The van der Waals surface area contributed by atoms with Crippen LogP contribution in [-0.2, 0) is 4.79 Å². The van der Waals surface area contributed by atoms with E-state index in [2.05, 4.69) is 15.9 Å². The van der Waals surface area contributed by atoms with E-state index in [1.165, 1.54) is 0 Å². The van der Waals surface area contributed by atoms with Crippen molar-refractivity contribution >= 4 is 21.9 Å². The number of carboxylic acid groups (broad SMARTS) is 1. The standard InChI is InChI=1S/C8H5BrF2O3/c9-4-2-1-3(5(10)6(4)11)7(12)8(13)14/h1-2,7,12H,(H,13,14). The van der Waals surface area contributed by atoms with Crippen molar-refractivity contribution in [2.75, 3.05) is 0 Å². The summed E-state index contributed by atoms with van der Waals surface area (Å²) in [4.78, 5) is 10.3. The van der Waals surface area contributed by atoms with Gasteiger partial charge < -0.3 is 10.2 Å². The number of rotatable bonds is 2. The lowest BCUT2D eigenvalue weighted by molar-refractivity contribution is -0.147. The Morgan fingerprint density at radius 3 is 2.43 bits per heavy atom. The molecule has 0 aliphatic heterocycles. The van der Waals surface area contributed by atoms with Gasteiger partial charge in [-0.1, -0.05) is 6.07 Å². The highest BCUT2D eigenvalue weighted by Crippen LogP contribution is 2.25. The van der Waals surface area contributed by atoms with Gasteiger partial charge in [0.1, 0.15) is 0 Å². The Morgan fingerprint density at radius 1 is 1.36 bits per heavy atom. The molecule has 0 heterocycles. The molecule has 0 amide bonds. The highest BCUT2D eigenvalue weighted by Gasteiger charge is 2.23. The summed E-state index contributed by atoms with van der Waals surface area (Å²) < 4.78 is 25.8. The Bertz CT molecular complexity index is 381. The molecule has 1 unspecified atom stereocenters. The van der Waals surface area contributed by atoms with Crippen molar-refractivity contribution in [3.63, 3.8) is 0 Å². The predicted molar refractivity (Wildman–Crippen MR) is 46.7 cm³/mol. The Hall–Kier alpha value is -1.01. The summed E-state index contributed by atoms with van der Waals surface area (Å²) in [6.45, 7) is 0. The molecule has 3 nitrogen and oxygen atoms in total. The van der Waals surface area contributed by atoms with Gasteiger partial charge in [0.25, 0.3) is 0 Å². The summed E-state index contributed by atoms with van der Waals surface area (Å²) in [5, 5.41) is 17.3. The molecule has 1 atom stereocenters. The highest BCUT2D eigenvalue weighted by molar-refractivity contribution is 9.10. The topological polar surface area (TPSA) is 57.5 Å². The van der Waals surface area contributed by atoms with E-state index in [1.54, 1.807) is 0 Å². The third-order valence-corrected chi connectivity index (χ3v) is 2.21. The number of aliphatic hydroxyl groups excluding tert-OH is 1. The molecular formula is C8H5BrF2O3. The Balaban J connectivity index is 3.24. The van der Waals surface area contributed by atoms with Crippen LogP contribution in [0.2, 0.25) is 0 Å². The summed E-state index contributed by atoms with van der Waals surface area (Å²) in [5.41, 5.74) is -0.599. The summed E-state index contributed by atoms with van der Waals surface area (Å²) in [6, 6.07) is 2.13. The quantitative estimate of drug-likeness (QED) is 0.804. The monoisotopic (exact) mass is 266 g/mol. The van der Waals surface area contributed by atoms with E-state index in [-0.39, 0.29) is 4.47 Å². The van der Waals surface area contributed by atoms with Crippen LogP contribution in [-0.4, -0.2) is 16.2 Å². The van der Waals surface area contributed by atoms with Crippen molar-refractivity contribution in [1.29, 1.82) is 0 Å². The molecule has 1 rings (SSSR count). The maximum absolute atomic E-state index is 13.0. The van der Waals surface area contributed by atoms with Crippen LogP contribution < -0.4 is 0 Å². The number of hydrogen-bond acceptors (Lipinski definition) is 2. The number of benzene rings is 1. The van der Waals surface area contributed by atoms with Gasteiger partial charge in [-0.15, -0.1) is 0 Å². The Morgan fingerprint density at radius 2 is 1.93 bits per heavy atom. The summed E-state index contributed by atoms with van der Waals surface area (Å²) in [5.74, 6) is -4.22. The average Bonchev–Trinajstić information content (AvgIpc) is 2.13. The Kier molecular flexibility index (Phi) is 3.17. The molecule has 1 aromatic carbocycles. The van der Waals surface area contributed by atoms with Crippen molar-refractivity contribution in [3.05, 3.63) is 33.8 Å². The summed E-state index contributed by atoms with van der Waals surface area (Å²) in [6.07, 6.45) is -2.06. The molecule has 0 bridgehead atoms. The molecule has 0 aromatic heterocycles. The minimum atomic E-state index is -2.06. The molecule has 0 saturated heterocycles. The van der Waals surface area contributed by atoms with E-state index < -0.39 is 29.3 Å². The lowest BCUT2D eigenvalue weighted by Gasteiger charge is -2.07. The van der Waals surface area contributed by atoms with Gasteiger partial charge in [-0.2, -0.15) is 0 Å². The number of aliphatic hydroxyl groups is 1. The van der Waals surface area contributed by atoms with E-state index in [9.17, 15) is 13.6 Å². The van der Waals surface area contributed by atoms with Crippen molar-refractivity contribution in [2.45, 2.75) is 6.10 Å². The molecular weight excluding hydrogens is 262 g/mol. The first kappa shape index (κ1) is 11.1. The van der Waals surface area contributed by atoms with E-state index >= 15 is 0 Å². The second-order valence-electron chi connectivity index (χ2n) is 2.51. The zero-order valence-electron chi connectivity index (χ0n) is 6.67. The van der Waals surface area contributed by atoms with Gasteiger partial charge in [-0.05, 0) is 22.0 Å². The van der Waals surface area contributed by atoms with Crippen LogP contribution in [0, 0.1) is 11.6 Å². The summed E-state index contributed by atoms with van der Waals surface area (Å²) >= 11 is 2.72. The normalized spacial score (nSPS) is 12.6. The maximum atomic E-state index is 13.0. The molecule has 76 valence electrons. The smallest absolute Gasteiger partial charge is 0.337 e. The van der Waals surface area contributed by atoms with Crippen LogP contribution in [0.3, 0.4) is 0 Å². The van der Waals surface area contributed by atoms with Crippen LogP contribution in [0.25, 0.3) is 0 Å². The minimum absolute atomic E-state index is 0.128. The second-order valence-corrected chi connectivity index (χ2v) is 3.36. The maximum Gasteiger partial charge on any atom is 0.337 e. The molecule has 6 heteroatoms. The summed E-state index contributed by atoms with van der Waals surface area (Å²) in [7, 11) is 0. The van der Waals surface area contributed by atoms with Crippen molar-refractivity contribution in [2.24, 2.45) is 0 Å². The molecule has 0 radical (unpaired) electrons. The van der Waals surface area contributed by atoms with Crippen LogP contribution in [0.1, 0.15) is 11.7 Å². The van der Waals surface area contributed by atoms with Gasteiger partial charge in [0.2, 0.25) is 0 Å². The molecule has 0 saturated carbocycles. The van der Waals surface area contributed by atoms with Gasteiger partial charge >= 0.3 is 5.97 Å². The van der Waals surface area contributed by atoms with E-state index in [4.69, 9.17) is 10.2 Å². The number of halogens is 3. The van der Waals surface area contributed by atoms with Crippen LogP contribution in [0.15, 0.2) is 16.6 Å². The first-order valence-electron chi connectivity index (χ1n) is 3.49. The van der Waals surface area contributed by atoms with E-state index in [0.29, 0.717) is 0 Å². The number of hydrogen-bond donors (Lipinski definition) is 2. The SMILES string of the molecule is O=C(O)C(O)c1ccc(Br)c(F)c1F. The van der Waals surface area contributed by atoms with E-state index in [0.717, 1.165) is 12.1 Å². The second kappa shape index (κ2) is 4.02. The fourth-order valence-corrected chi connectivity index (χ4v) is 1.19. The van der Waals surface area contributed by atoms with Crippen molar-refractivity contribution in [1.82, 2.24) is 0 Å². The fraction of sp³-hybridized carbons (Fsp3) is 0.125. The van der Waals surface area contributed by atoms with Gasteiger partial charge in [-0.25, -0.2) is 13.6 Å². The van der Waals surface area contributed by atoms with Crippen molar-refractivity contribution in [3.8, 4) is 0 Å². The minimum Gasteiger partial charge on any atom is -0.479 e.